The molecule has 1 aliphatic heterocycles. The lowest BCUT2D eigenvalue weighted by molar-refractivity contribution is -0.0616. The highest BCUT2D eigenvalue weighted by Crippen LogP contribution is 2.23. The van der Waals surface area contributed by atoms with Crippen molar-refractivity contribution in [3.05, 3.63) is 41.6 Å². The summed E-state index contributed by atoms with van der Waals surface area (Å²) in [5.41, 5.74) is 2.90. The molecule has 126 valence electrons. The first-order valence-corrected chi connectivity index (χ1v) is 8.13. The molecule has 0 saturated carbocycles. The molecule has 1 saturated heterocycles. The number of aliphatic hydroxyl groups is 1. The zero-order valence-corrected chi connectivity index (χ0v) is 13.8. The minimum Gasteiger partial charge on any atom is -0.388 e. The lowest BCUT2D eigenvalue weighted by Gasteiger charge is -2.32. The molecule has 0 amide bonds. The van der Waals surface area contributed by atoms with Crippen molar-refractivity contribution in [2.24, 2.45) is 7.05 Å². The fourth-order valence-electron chi connectivity index (χ4n) is 2.97. The Balaban J connectivity index is 1.68. The van der Waals surface area contributed by atoms with E-state index < -0.39 is 5.60 Å². The first-order valence-electron chi connectivity index (χ1n) is 8.13. The van der Waals surface area contributed by atoms with Crippen molar-refractivity contribution in [3.63, 3.8) is 0 Å². The van der Waals surface area contributed by atoms with Gasteiger partial charge in [-0.3, -0.25) is 4.68 Å². The van der Waals surface area contributed by atoms with Crippen LogP contribution < -0.4 is 5.32 Å². The molecule has 2 aromatic rings. The van der Waals surface area contributed by atoms with Gasteiger partial charge in [0.1, 0.15) is 0 Å². The zero-order valence-electron chi connectivity index (χ0n) is 13.8. The molecular weight excluding hydrogens is 304 g/mol. The van der Waals surface area contributed by atoms with E-state index in [0.29, 0.717) is 44.7 Å². The molecule has 1 aliphatic rings. The first-order chi connectivity index (χ1) is 11.6. The molecule has 1 aromatic carbocycles. The van der Waals surface area contributed by atoms with Crippen LogP contribution in [0.25, 0.3) is 11.3 Å². The number of nitrogens with zero attached hydrogens (tertiary/aromatic N) is 3. The van der Waals surface area contributed by atoms with Crippen LogP contribution in [0.2, 0.25) is 0 Å². The Morgan fingerprint density at radius 3 is 2.71 bits per heavy atom. The predicted molar refractivity (Wildman–Crippen MR) is 90.1 cm³/mol. The standard InChI is InChI=1S/C18H22N4O2/c1-22-12-16(11-20-13-18(23)6-8-24-9-7-18)17(21-22)15-4-2-14(10-19)3-5-15/h2-5,12,20,23H,6-9,11,13H2,1H3. The Labute approximate surface area is 141 Å². The topological polar surface area (TPSA) is 83.1 Å². The van der Waals surface area contributed by atoms with E-state index >= 15 is 0 Å². The molecule has 0 spiro atoms. The normalized spacial score (nSPS) is 16.7. The van der Waals surface area contributed by atoms with Gasteiger partial charge in [0.05, 0.1) is 22.9 Å². The average molecular weight is 326 g/mol. The van der Waals surface area contributed by atoms with Crippen molar-refractivity contribution < 1.29 is 9.84 Å². The van der Waals surface area contributed by atoms with E-state index in [0.717, 1.165) is 16.8 Å². The van der Waals surface area contributed by atoms with Crippen molar-refractivity contribution in [1.82, 2.24) is 15.1 Å². The minimum absolute atomic E-state index is 0.540. The Kier molecular flexibility index (Phi) is 4.95. The smallest absolute Gasteiger partial charge is 0.0991 e. The minimum atomic E-state index is -0.685. The van der Waals surface area contributed by atoms with Crippen LogP contribution in [0.5, 0.6) is 0 Å². The van der Waals surface area contributed by atoms with E-state index in [-0.39, 0.29) is 0 Å². The largest absolute Gasteiger partial charge is 0.388 e. The van der Waals surface area contributed by atoms with E-state index in [9.17, 15) is 5.11 Å². The van der Waals surface area contributed by atoms with E-state index in [1.165, 1.54) is 0 Å². The van der Waals surface area contributed by atoms with Crippen molar-refractivity contribution in [1.29, 1.82) is 5.26 Å². The highest BCUT2D eigenvalue weighted by molar-refractivity contribution is 5.63. The van der Waals surface area contributed by atoms with Crippen molar-refractivity contribution in [2.75, 3.05) is 19.8 Å². The molecule has 0 aliphatic carbocycles. The van der Waals surface area contributed by atoms with Gasteiger partial charge < -0.3 is 15.2 Å². The van der Waals surface area contributed by atoms with Crippen LogP contribution in [-0.2, 0) is 18.3 Å². The van der Waals surface area contributed by atoms with Gasteiger partial charge in [-0.2, -0.15) is 10.4 Å². The second kappa shape index (κ2) is 7.14. The Morgan fingerprint density at radius 1 is 1.33 bits per heavy atom. The Hall–Kier alpha value is -2.20. The molecule has 0 unspecified atom stereocenters. The molecule has 0 radical (unpaired) electrons. The number of nitrogens with one attached hydrogen (secondary N) is 1. The number of nitriles is 1. The fraction of sp³-hybridized carbons (Fsp3) is 0.444. The molecule has 6 heteroatoms. The number of hydrogen-bond donors (Lipinski definition) is 2. The van der Waals surface area contributed by atoms with Gasteiger partial charge in [-0.25, -0.2) is 0 Å². The van der Waals surface area contributed by atoms with Gasteiger partial charge in [0.25, 0.3) is 0 Å². The van der Waals surface area contributed by atoms with E-state index in [4.69, 9.17) is 10.00 Å². The van der Waals surface area contributed by atoms with Gasteiger partial charge in [0.2, 0.25) is 0 Å². The van der Waals surface area contributed by atoms with Crippen LogP contribution in [0.1, 0.15) is 24.0 Å². The molecule has 2 N–H and O–H groups in total. The summed E-state index contributed by atoms with van der Waals surface area (Å²) in [5.74, 6) is 0. The maximum Gasteiger partial charge on any atom is 0.0991 e. The summed E-state index contributed by atoms with van der Waals surface area (Å²) in [6.07, 6.45) is 3.31. The van der Waals surface area contributed by atoms with Crippen LogP contribution in [0, 0.1) is 11.3 Å². The van der Waals surface area contributed by atoms with Gasteiger partial charge in [-0.15, -0.1) is 0 Å². The molecule has 0 atom stereocenters. The van der Waals surface area contributed by atoms with Gasteiger partial charge in [0.15, 0.2) is 0 Å². The van der Waals surface area contributed by atoms with Gasteiger partial charge in [0, 0.05) is 63.5 Å². The zero-order chi connectivity index (χ0) is 17.0. The van der Waals surface area contributed by atoms with E-state index in [2.05, 4.69) is 16.5 Å². The number of hydrogen-bond acceptors (Lipinski definition) is 5. The van der Waals surface area contributed by atoms with Crippen LogP contribution in [0.4, 0.5) is 0 Å². The summed E-state index contributed by atoms with van der Waals surface area (Å²) in [5, 5.41) is 27.3. The number of aromatic nitrogens is 2. The summed E-state index contributed by atoms with van der Waals surface area (Å²) in [4.78, 5) is 0. The first kappa shape index (κ1) is 16.7. The second-order valence-electron chi connectivity index (χ2n) is 6.31. The van der Waals surface area contributed by atoms with Crippen LogP contribution in [-0.4, -0.2) is 40.2 Å². The second-order valence-corrected chi connectivity index (χ2v) is 6.31. The summed E-state index contributed by atoms with van der Waals surface area (Å²) >= 11 is 0. The highest BCUT2D eigenvalue weighted by atomic mass is 16.5. The molecular formula is C18H22N4O2. The Morgan fingerprint density at radius 2 is 2.04 bits per heavy atom. The number of aryl methyl sites for hydroxylation is 1. The highest BCUT2D eigenvalue weighted by Gasteiger charge is 2.29. The summed E-state index contributed by atoms with van der Waals surface area (Å²) in [6.45, 7) is 2.40. The molecule has 24 heavy (non-hydrogen) atoms. The van der Waals surface area contributed by atoms with E-state index in [1.807, 2.05) is 25.4 Å². The maximum atomic E-state index is 10.5. The molecule has 1 fully saturated rings. The van der Waals surface area contributed by atoms with Crippen LogP contribution in [0.15, 0.2) is 30.5 Å². The number of ether oxygens (including phenoxy) is 1. The molecule has 6 nitrogen and oxygen atoms in total. The fourth-order valence-corrected chi connectivity index (χ4v) is 2.97. The third-order valence-corrected chi connectivity index (χ3v) is 4.39. The molecule has 0 bridgehead atoms. The lowest BCUT2D eigenvalue weighted by atomic mass is 9.94. The van der Waals surface area contributed by atoms with Crippen molar-refractivity contribution >= 4 is 0 Å². The van der Waals surface area contributed by atoms with Gasteiger partial charge in [-0.1, -0.05) is 12.1 Å². The van der Waals surface area contributed by atoms with Crippen molar-refractivity contribution in [3.8, 4) is 17.3 Å². The molecule has 2 heterocycles. The maximum absolute atomic E-state index is 10.5. The average Bonchev–Trinajstić information content (AvgIpc) is 2.96. The molecule has 1 aromatic heterocycles. The summed E-state index contributed by atoms with van der Waals surface area (Å²) in [7, 11) is 1.89. The van der Waals surface area contributed by atoms with Gasteiger partial charge in [-0.05, 0) is 12.1 Å². The van der Waals surface area contributed by atoms with Crippen LogP contribution in [0.3, 0.4) is 0 Å². The van der Waals surface area contributed by atoms with Crippen molar-refractivity contribution in [2.45, 2.75) is 25.0 Å². The monoisotopic (exact) mass is 326 g/mol. The van der Waals surface area contributed by atoms with Gasteiger partial charge >= 0.3 is 0 Å². The third kappa shape index (κ3) is 3.82. The van der Waals surface area contributed by atoms with Crippen LogP contribution >= 0.6 is 0 Å². The third-order valence-electron chi connectivity index (χ3n) is 4.39. The summed E-state index contributed by atoms with van der Waals surface area (Å²) in [6, 6.07) is 9.55. The lowest BCUT2D eigenvalue weighted by Crippen LogP contribution is -2.44. The molecule has 3 rings (SSSR count). The number of rotatable bonds is 5. The Bertz CT molecular complexity index is 724. The predicted octanol–water partition coefficient (Wildman–Crippen LogP) is 1.59. The quantitative estimate of drug-likeness (QED) is 0.872. The van der Waals surface area contributed by atoms with E-state index in [1.54, 1.807) is 16.8 Å². The summed E-state index contributed by atoms with van der Waals surface area (Å²) < 4.78 is 7.09. The SMILES string of the molecule is Cn1cc(CNCC2(O)CCOCC2)c(-c2ccc(C#N)cc2)n1. The number of benzene rings is 1.